The van der Waals surface area contributed by atoms with Crippen molar-refractivity contribution in [3.8, 4) is 0 Å². The molecule has 0 saturated carbocycles. The molecule has 1 aromatic carbocycles. The second-order valence-corrected chi connectivity index (χ2v) is 5.83. The summed E-state index contributed by atoms with van der Waals surface area (Å²) >= 11 is 1.72. The summed E-state index contributed by atoms with van der Waals surface area (Å²) in [4.78, 5) is 4.62. The molecule has 0 spiro atoms. The van der Waals surface area contributed by atoms with Crippen LogP contribution >= 0.6 is 11.3 Å². The van der Waals surface area contributed by atoms with Gasteiger partial charge < -0.3 is 9.84 Å². The smallest absolute Gasteiger partial charge is 0.0945 e. The summed E-state index contributed by atoms with van der Waals surface area (Å²) in [5, 5.41) is 10.7. The first-order valence-corrected chi connectivity index (χ1v) is 6.66. The van der Waals surface area contributed by atoms with Crippen molar-refractivity contribution in [3.63, 3.8) is 0 Å². The van der Waals surface area contributed by atoms with E-state index in [2.05, 4.69) is 11.1 Å². The van der Waals surface area contributed by atoms with Gasteiger partial charge in [-0.05, 0) is 18.6 Å². The fourth-order valence-electron chi connectivity index (χ4n) is 2.29. The van der Waals surface area contributed by atoms with Crippen LogP contribution in [0, 0.1) is 5.41 Å². The van der Waals surface area contributed by atoms with Crippen LogP contribution in [0.5, 0.6) is 0 Å². The highest BCUT2D eigenvalue weighted by Crippen LogP contribution is 2.34. The number of nitrogens with zero attached hydrogens (tertiary/aromatic N) is 1. The number of benzene rings is 1. The van der Waals surface area contributed by atoms with Gasteiger partial charge in [-0.15, -0.1) is 11.3 Å². The van der Waals surface area contributed by atoms with Crippen molar-refractivity contribution in [2.75, 3.05) is 19.8 Å². The second kappa shape index (κ2) is 4.37. The fourth-order valence-corrected chi connectivity index (χ4v) is 3.43. The predicted molar refractivity (Wildman–Crippen MR) is 68.3 cm³/mol. The van der Waals surface area contributed by atoms with E-state index in [0.717, 1.165) is 30.0 Å². The van der Waals surface area contributed by atoms with Crippen LogP contribution in [0.1, 0.15) is 11.4 Å². The van der Waals surface area contributed by atoms with Crippen molar-refractivity contribution in [2.24, 2.45) is 5.41 Å². The lowest BCUT2D eigenvalue weighted by molar-refractivity contribution is 0.0935. The molecular formula is C13H15NO2S. The molecule has 3 nitrogen and oxygen atoms in total. The van der Waals surface area contributed by atoms with Crippen LogP contribution in [-0.4, -0.2) is 29.9 Å². The number of aliphatic hydroxyl groups is 1. The Morgan fingerprint density at radius 3 is 3.00 bits per heavy atom. The van der Waals surface area contributed by atoms with Gasteiger partial charge in [0.15, 0.2) is 0 Å². The van der Waals surface area contributed by atoms with Gasteiger partial charge in [-0.2, -0.15) is 0 Å². The molecule has 1 saturated heterocycles. The van der Waals surface area contributed by atoms with E-state index in [9.17, 15) is 5.11 Å². The van der Waals surface area contributed by atoms with Crippen molar-refractivity contribution in [1.82, 2.24) is 4.98 Å². The largest absolute Gasteiger partial charge is 0.396 e. The summed E-state index contributed by atoms with van der Waals surface area (Å²) in [5.74, 6) is 0. The first-order valence-electron chi connectivity index (χ1n) is 5.84. The quantitative estimate of drug-likeness (QED) is 0.907. The summed E-state index contributed by atoms with van der Waals surface area (Å²) in [6, 6.07) is 8.16. The first kappa shape index (κ1) is 11.1. The number of aliphatic hydroxyl groups excluding tert-OH is 1. The van der Waals surface area contributed by atoms with Gasteiger partial charge in [0, 0.05) is 18.4 Å². The Kier molecular flexibility index (Phi) is 2.86. The van der Waals surface area contributed by atoms with Gasteiger partial charge in [0.1, 0.15) is 0 Å². The molecule has 90 valence electrons. The van der Waals surface area contributed by atoms with E-state index >= 15 is 0 Å². The molecule has 2 heterocycles. The molecule has 1 N–H and O–H groups in total. The minimum Gasteiger partial charge on any atom is -0.396 e. The Bertz CT molecular complexity index is 484. The number of hydrogen-bond acceptors (Lipinski definition) is 4. The number of rotatable bonds is 3. The van der Waals surface area contributed by atoms with E-state index < -0.39 is 0 Å². The lowest BCUT2D eigenvalue weighted by Gasteiger charge is -2.22. The SMILES string of the molecule is OCC1(Cc2nc3ccccc3s2)CCOC1. The second-order valence-electron chi connectivity index (χ2n) is 4.71. The third kappa shape index (κ3) is 2.08. The van der Waals surface area contributed by atoms with Crippen molar-refractivity contribution < 1.29 is 9.84 Å². The molecule has 4 heteroatoms. The van der Waals surface area contributed by atoms with Crippen molar-refractivity contribution in [3.05, 3.63) is 29.3 Å². The maximum Gasteiger partial charge on any atom is 0.0945 e. The summed E-state index contributed by atoms with van der Waals surface area (Å²) < 4.78 is 6.63. The average Bonchev–Trinajstić information content (AvgIpc) is 2.95. The molecule has 1 fully saturated rings. The van der Waals surface area contributed by atoms with Gasteiger partial charge in [0.25, 0.3) is 0 Å². The first-order chi connectivity index (χ1) is 8.31. The van der Waals surface area contributed by atoms with Gasteiger partial charge >= 0.3 is 0 Å². The molecular weight excluding hydrogens is 234 g/mol. The monoisotopic (exact) mass is 249 g/mol. The molecule has 3 rings (SSSR count). The number of hydrogen-bond donors (Lipinski definition) is 1. The number of ether oxygens (including phenoxy) is 1. The predicted octanol–water partition coefficient (Wildman–Crippen LogP) is 2.24. The average molecular weight is 249 g/mol. The lowest BCUT2D eigenvalue weighted by atomic mass is 9.85. The van der Waals surface area contributed by atoms with Crippen molar-refractivity contribution >= 4 is 21.6 Å². The summed E-state index contributed by atoms with van der Waals surface area (Å²) in [7, 11) is 0. The number of aromatic nitrogens is 1. The van der Waals surface area contributed by atoms with Gasteiger partial charge in [0.05, 0.1) is 28.4 Å². The van der Waals surface area contributed by atoms with Crippen LogP contribution in [0.25, 0.3) is 10.2 Å². The highest BCUT2D eigenvalue weighted by atomic mass is 32.1. The number of thiazole rings is 1. The van der Waals surface area contributed by atoms with E-state index in [1.807, 2.05) is 18.2 Å². The Balaban J connectivity index is 1.89. The molecule has 17 heavy (non-hydrogen) atoms. The molecule has 1 unspecified atom stereocenters. The Hall–Kier alpha value is -0.970. The van der Waals surface area contributed by atoms with E-state index in [0.29, 0.717) is 6.61 Å². The molecule has 2 aromatic rings. The van der Waals surface area contributed by atoms with Gasteiger partial charge in [-0.1, -0.05) is 12.1 Å². The molecule has 0 bridgehead atoms. The zero-order valence-corrected chi connectivity index (χ0v) is 10.4. The van der Waals surface area contributed by atoms with Crippen LogP contribution in [0.3, 0.4) is 0 Å². The van der Waals surface area contributed by atoms with Crippen LogP contribution in [0.2, 0.25) is 0 Å². The topological polar surface area (TPSA) is 42.4 Å². The molecule has 1 aliphatic heterocycles. The van der Waals surface area contributed by atoms with Crippen LogP contribution < -0.4 is 0 Å². The molecule has 0 aliphatic carbocycles. The number of fused-ring (bicyclic) bond motifs is 1. The fraction of sp³-hybridized carbons (Fsp3) is 0.462. The Labute approximate surface area is 104 Å². The minimum atomic E-state index is -0.103. The zero-order chi connectivity index (χ0) is 11.7. The van der Waals surface area contributed by atoms with Crippen molar-refractivity contribution in [1.29, 1.82) is 0 Å². The summed E-state index contributed by atoms with van der Waals surface area (Å²) in [6.45, 7) is 1.59. The Morgan fingerprint density at radius 2 is 2.29 bits per heavy atom. The van der Waals surface area contributed by atoms with E-state index in [4.69, 9.17) is 4.74 Å². The molecule has 0 amide bonds. The molecule has 1 aliphatic rings. The standard InChI is InChI=1S/C13H15NO2S/c15-8-13(5-6-16-9-13)7-12-14-10-3-1-2-4-11(10)17-12/h1-4,15H,5-9H2. The normalized spacial score (nSPS) is 24.5. The van der Waals surface area contributed by atoms with Gasteiger partial charge in [-0.3, -0.25) is 0 Å². The van der Waals surface area contributed by atoms with Crippen LogP contribution in [-0.2, 0) is 11.2 Å². The van der Waals surface area contributed by atoms with E-state index in [1.54, 1.807) is 11.3 Å². The molecule has 1 aromatic heterocycles. The summed E-state index contributed by atoms with van der Waals surface area (Å²) in [5.41, 5.74) is 0.952. The highest BCUT2D eigenvalue weighted by Gasteiger charge is 2.35. The molecule has 1 atom stereocenters. The van der Waals surface area contributed by atoms with Crippen molar-refractivity contribution in [2.45, 2.75) is 12.8 Å². The summed E-state index contributed by atoms with van der Waals surface area (Å²) in [6.07, 6.45) is 1.75. The number of para-hydroxylation sites is 1. The van der Waals surface area contributed by atoms with Crippen LogP contribution in [0.4, 0.5) is 0 Å². The third-order valence-corrected chi connectivity index (χ3v) is 4.42. The highest BCUT2D eigenvalue weighted by molar-refractivity contribution is 7.18. The van der Waals surface area contributed by atoms with E-state index in [1.165, 1.54) is 4.70 Å². The van der Waals surface area contributed by atoms with Crippen LogP contribution in [0.15, 0.2) is 24.3 Å². The maximum absolute atomic E-state index is 9.55. The molecule has 0 radical (unpaired) electrons. The third-order valence-electron chi connectivity index (χ3n) is 3.38. The zero-order valence-electron chi connectivity index (χ0n) is 9.56. The maximum atomic E-state index is 9.55. The Morgan fingerprint density at radius 1 is 1.41 bits per heavy atom. The van der Waals surface area contributed by atoms with Gasteiger partial charge in [0.2, 0.25) is 0 Å². The minimum absolute atomic E-state index is 0.103. The lowest BCUT2D eigenvalue weighted by Crippen LogP contribution is -2.28. The van der Waals surface area contributed by atoms with E-state index in [-0.39, 0.29) is 12.0 Å². The van der Waals surface area contributed by atoms with Gasteiger partial charge in [-0.25, -0.2) is 4.98 Å².